The maximum Gasteiger partial charge on any atom is 0.268 e. The molecular formula is C29H20N6OS2. The molecule has 0 saturated carbocycles. The Kier molecular flexibility index (Phi) is 7.60. The molecule has 0 aliphatic heterocycles. The molecule has 38 heavy (non-hydrogen) atoms. The predicted molar refractivity (Wildman–Crippen MR) is 150 cm³/mol. The van der Waals surface area contributed by atoms with E-state index in [1.165, 1.54) is 28.7 Å². The van der Waals surface area contributed by atoms with Crippen LogP contribution in [-0.4, -0.2) is 20.7 Å². The summed E-state index contributed by atoms with van der Waals surface area (Å²) < 4.78 is 2.75. The molecular weight excluding hydrogens is 512 g/mol. The standard InChI is InChI=1S/C29H20N6OS2/c30-15-21-10-4-5-11-22(21)17-35-18-24(25-12-6-7-13-26(25)35)14-23(16-31)27(36)32-28-33-34-29(38-28)37-19-20-8-2-1-3-9-20/h1-14,18H,17,19H2,(H,32,33,36)/b23-14+. The highest BCUT2D eigenvalue weighted by Gasteiger charge is 2.16. The Labute approximate surface area is 227 Å². The Morgan fingerprint density at radius 1 is 1.00 bits per heavy atom. The number of rotatable bonds is 8. The molecule has 3 aromatic carbocycles. The van der Waals surface area contributed by atoms with Crippen LogP contribution in [0.5, 0.6) is 0 Å². The van der Waals surface area contributed by atoms with Gasteiger partial charge < -0.3 is 4.57 Å². The van der Waals surface area contributed by atoms with Crippen LogP contribution in [0, 0.1) is 22.7 Å². The van der Waals surface area contributed by atoms with Gasteiger partial charge in [-0.05, 0) is 29.3 Å². The van der Waals surface area contributed by atoms with E-state index in [-0.39, 0.29) is 5.57 Å². The van der Waals surface area contributed by atoms with Crippen molar-refractivity contribution in [3.8, 4) is 12.1 Å². The quantitative estimate of drug-likeness (QED) is 0.110. The van der Waals surface area contributed by atoms with Crippen LogP contribution in [0.3, 0.4) is 0 Å². The van der Waals surface area contributed by atoms with Crippen LogP contribution in [0.25, 0.3) is 17.0 Å². The van der Waals surface area contributed by atoms with E-state index in [1.54, 1.807) is 12.1 Å². The number of hydrogen-bond acceptors (Lipinski definition) is 7. The summed E-state index contributed by atoms with van der Waals surface area (Å²) in [6, 6.07) is 29.5. The number of nitrogens with one attached hydrogen (secondary N) is 1. The number of hydrogen-bond donors (Lipinski definition) is 1. The summed E-state index contributed by atoms with van der Waals surface area (Å²) in [4.78, 5) is 12.9. The third-order valence-electron chi connectivity index (χ3n) is 5.79. The zero-order valence-corrected chi connectivity index (χ0v) is 21.7. The molecule has 5 aromatic rings. The molecule has 0 radical (unpaired) electrons. The van der Waals surface area contributed by atoms with Gasteiger partial charge in [0.25, 0.3) is 5.91 Å². The first-order valence-corrected chi connectivity index (χ1v) is 13.4. The number of benzene rings is 3. The van der Waals surface area contributed by atoms with Crippen LogP contribution in [0.2, 0.25) is 0 Å². The van der Waals surface area contributed by atoms with E-state index in [0.717, 1.165) is 32.1 Å². The molecule has 0 aliphatic rings. The van der Waals surface area contributed by atoms with Gasteiger partial charge in [0.05, 0.1) is 11.6 Å². The van der Waals surface area contributed by atoms with Crippen molar-refractivity contribution < 1.29 is 4.79 Å². The number of nitriles is 2. The van der Waals surface area contributed by atoms with Crippen LogP contribution >= 0.6 is 23.1 Å². The van der Waals surface area contributed by atoms with Gasteiger partial charge >= 0.3 is 0 Å². The second-order valence-corrected chi connectivity index (χ2v) is 10.5. The summed E-state index contributed by atoms with van der Waals surface area (Å²) in [7, 11) is 0. The van der Waals surface area contributed by atoms with Gasteiger partial charge in [-0.1, -0.05) is 89.8 Å². The number of aromatic nitrogens is 3. The van der Waals surface area contributed by atoms with Crippen molar-refractivity contribution in [2.24, 2.45) is 0 Å². The summed E-state index contributed by atoms with van der Waals surface area (Å²) in [5.41, 5.74) is 4.30. The summed E-state index contributed by atoms with van der Waals surface area (Å²) in [6.45, 7) is 0.486. The van der Waals surface area contributed by atoms with E-state index in [9.17, 15) is 15.3 Å². The highest BCUT2D eigenvalue weighted by atomic mass is 32.2. The van der Waals surface area contributed by atoms with Crippen LogP contribution in [0.4, 0.5) is 5.13 Å². The van der Waals surface area contributed by atoms with Gasteiger partial charge in [-0.3, -0.25) is 10.1 Å². The first-order chi connectivity index (χ1) is 18.6. The average Bonchev–Trinajstić information content (AvgIpc) is 3.55. The Balaban J connectivity index is 1.35. The summed E-state index contributed by atoms with van der Waals surface area (Å²) >= 11 is 2.80. The van der Waals surface area contributed by atoms with Gasteiger partial charge in [-0.15, -0.1) is 10.2 Å². The summed E-state index contributed by atoms with van der Waals surface area (Å²) in [6.07, 6.45) is 3.48. The molecule has 0 saturated heterocycles. The largest absolute Gasteiger partial charge is 0.342 e. The first-order valence-electron chi connectivity index (χ1n) is 11.6. The maximum absolute atomic E-state index is 12.9. The number of carbonyl (C=O) groups excluding carboxylic acids is 1. The van der Waals surface area contributed by atoms with Gasteiger partial charge in [-0.2, -0.15) is 10.5 Å². The van der Waals surface area contributed by atoms with Crippen LogP contribution in [0.1, 0.15) is 22.3 Å². The van der Waals surface area contributed by atoms with Crippen molar-refractivity contribution in [2.45, 2.75) is 16.6 Å². The van der Waals surface area contributed by atoms with Crippen molar-refractivity contribution >= 4 is 51.1 Å². The number of nitrogens with zero attached hydrogens (tertiary/aromatic N) is 5. The lowest BCUT2D eigenvalue weighted by molar-refractivity contribution is -0.112. The third kappa shape index (κ3) is 5.65. The predicted octanol–water partition coefficient (Wildman–Crippen LogP) is 6.25. The normalized spacial score (nSPS) is 11.2. The number of carbonyl (C=O) groups is 1. The minimum atomic E-state index is -0.546. The van der Waals surface area contributed by atoms with Gasteiger partial charge in [0.1, 0.15) is 11.6 Å². The minimum absolute atomic E-state index is 0.0426. The molecule has 184 valence electrons. The maximum atomic E-state index is 12.9. The number of para-hydroxylation sites is 1. The Hall–Kier alpha value is -4.70. The number of amides is 1. The smallest absolute Gasteiger partial charge is 0.268 e. The fourth-order valence-corrected chi connectivity index (χ4v) is 5.68. The van der Waals surface area contributed by atoms with E-state index < -0.39 is 5.91 Å². The average molecular weight is 533 g/mol. The Morgan fingerprint density at radius 2 is 1.76 bits per heavy atom. The van der Waals surface area contributed by atoms with Crippen molar-refractivity contribution in [2.75, 3.05) is 5.32 Å². The molecule has 2 aromatic heterocycles. The molecule has 5 rings (SSSR count). The molecule has 1 N–H and O–H groups in total. The monoisotopic (exact) mass is 532 g/mol. The third-order valence-corrected chi connectivity index (χ3v) is 7.84. The Morgan fingerprint density at radius 3 is 2.58 bits per heavy atom. The molecule has 2 heterocycles. The molecule has 0 fully saturated rings. The van der Waals surface area contributed by atoms with Gasteiger partial charge in [0.2, 0.25) is 5.13 Å². The second kappa shape index (κ2) is 11.6. The lowest BCUT2D eigenvalue weighted by Crippen LogP contribution is -2.13. The fourth-order valence-electron chi connectivity index (χ4n) is 3.98. The van der Waals surface area contributed by atoms with Crippen molar-refractivity contribution in [3.63, 3.8) is 0 Å². The lowest BCUT2D eigenvalue weighted by atomic mass is 10.1. The lowest BCUT2D eigenvalue weighted by Gasteiger charge is -2.07. The second-order valence-electron chi connectivity index (χ2n) is 8.27. The van der Waals surface area contributed by atoms with Crippen molar-refractivity contribution in [3.05, 3.63) is 113 Å². The van der Waals surface area contributed by atoms with Crippen LogP contribution in [0.15, 0.2) is 95.0 Å². The number of anilines is 1. The zero-order chi connectivity index (χ0) is 26.3. The van der Waals surface area contributed by atoms with E-state index in [1.807, 2.05) is 89.6 Å². The van der Waals surface area contributed by atoms with Crippen LogP contribution < -0.4 is 5.32 Å². The number of fused-ring (bicyclic) bond motifs is 1. The molecule has 1 amide bonds. The van der Waals surface area contributed by atoms with E-state index in [0.29, 0.717) is 17.2 Å². The van der Waals surface area contributed by atoms with E-state index in [2.05, 4.69) is 21.6 Å². The van der Waals surface area contributed by atoms with E-state index in [4.69, 9.17) is 0 Å². The highest BCUT2D eigenvalue weighted by Crippen LogP contribution is 2.29. The summed E-state index contributed by atoms with van der Waals surface area (Å²) in [5, 5.41) is 31.4. The highest BCUT2D eigenvalue weighted by molar-refractivity contribution is 8.00. The van der Waals surface area contributed by atoms with Crippen molar-refractivity contribution in [1.29, 1.82) is 10.5 Å². The molecule has 0 unspecified atom stereocenters. The molecule has 0 aliphatic carbocycles. The zero-order valence-electron chi connectivity index (χ0n) is 20.0. The summed E-state index contributed by atoms with van der Waals surface area (Å²) in [5.74, 6) is 0.199. The van der Waals surface area contributed by atoms with E-state index >= 15 is 0 Å². The minimum Gasteiger partial charge on any atom is -0.342 e. The number of thioether (sulfide) groups is 1. The molecule has 0 bridgehead atoms. The fraction of sp³-hybridized carbons (Fsp3) is 0.0690. The van der Waals surface area contributed by atoms with Crippen molar-refractivity contribution in [1.82, 2.24) is 14.8 Å². The molecule has 0 atom stereocenters. The Bertz CT molecular complexity index is 1720. The van der Waals surface area contributed by atoms with Gasteiger partial charge in [-0.25, -0.2) is 0 Å². The molecule has 9 heteroatoms. The van der Waals surface area contributed by atoms with Crippen LogP contribution in [-0.2, 0) is 17.1 Å². The SMILES string of the molecule is N#C/C(=C\c1cn(Cc2ccccc2C#N)c2ccccc12)C(=O)Nc1nnc(SCc2ccccc2)s1. The van der Waals surface area contributed by atoms with Gasteiger partial charge in [0.15, 0.2) is 4.34 Å². The topological polar surface area (TPSA) is 107 Å². The molecule has 0 spiro atoms. The first kappa shape index (κ1) is 25.0. The molecule has 7 nitrogen and oxygen atoms in total. The van der Waals surface area contributed by atoms with Gasteiger partial charge in [0, 0.05) is 35.0 Å².